The number of benzene rings is 1. The van der Waals surface area contributed by atoms with Gasteiger partial charge in [0.25, 0.3) is 0 Å². The minimum atomic E-state index is -4.62. The number of nitrogens with zero attached hydrogens (tertiary/aromatic N) is 1. The predicted octanol–water partition coefficient (Wildman–Crippen LogP) is 3.10. The second-order valence-corrected chi connectivity index (χ2v) is 4.57. The van der Waals surface area contributed by atoms with Gasteiger partial charge in [-0.1, -0.05) is 13.8 Å². The lowest BCUT2D eigenvalue weighted by molar-refractivity contribution is -0.139. The number of hydrogen-bond acceptors (Lipinski definition) is 3. The van der Waals surface area contributed by atoms with Crippen molar-refractivity contribution in [3.05, 3.63) is 29.3 Å². The monoisotopic (exact) mass is 286 g/mol. The van der Waals surface area contributed by atoms with E-state index >= 15 is 0 Å². The van der Waals surface area contributed by atoms with Crippen LogP contribution in [-0.4, -0.2) is 17.1 Å². The Bertz CT molecular complexity index is 548. The third kappa shape index (κ3) is 3.63. The Morgan fingerprint density at radius 2 is 2.00 bits per heavy atom. The van der Waals surface area contributed by atoms with Gasteiger partial charge in [-0.05, 0) is 24.1 Å². The van der Waals surface area contributed by atoms with Crippen molar-refractivity contribution in [2.75, 3.05) is 5.32 Å². The molecule has 0 aliphatic rings. The fourth-order valence-electron chi connectivity index (χ4n) is 1.67. The molecule has 1 atom stereocenters. The third-order valence-corrected chi connectivity index (χ3v) is 2.70. The number of nitrogens with one attached hydrogen (secondary N) is 1. The molecular formula is C13H13F3N2O2. The molecule has 0 aromatic heterocycles. The summed E-state index contributed by atoms with van der Waals surface area (Å²) < 4.78 is 37.9. The van der Waals surface area contributed by atoms with Gasteiger partial charge in [0.05, 0.1) is 17.2 Å². The van der Waals surface area contributed by atoms with Crippen LogP contribution in [-0.2, 0) is 11.0 Å². The predicted molar refractivity (Wildman–Crippen MR) is 66.0 cm³/mol. The van der Waals surface area contributed by atoms with Crippen LogP contribution in [0.2, 0.25) is 0 Å². The molecule has 108 valence electrons. The van der Waals surface area contributed by atoms with Gasteiger partial charge in [-0.25, -0.2) is 4.79 Å². The molecule has 7 heteroatoms. The van der Waals surface area contributed by atoms with E-state index < -0.39 is 29.3 Å². The van der Waals surface area contributed by atoms with Gasteiger partial charge in [0.15, 0.2) is 0 Å². The Morgan fingerprint density at radius 1 is 1.40 bits per heavy atom. The van der Waals surface area contributed by atoms with Gasteiger partial charge in [-0.15, -0.1) is 0 Å². The zero-order valence-electron chi connectivity index (χ0n) is 10.8. The van der Waals surface area contributed by atoms with Crippen LogP contribution in [0.15, 0.2) is 18.2 Å². The Kier molecular flexibility index (Phi) is 4.61. The minimum Gasteiger partial charge on any atom is -0.480 e. The highest BCUT2D eigenvalue weighted by atomic mass is 19.4. The minimum absolute atomic E-state index is 0.163. The van der Waals surface area contributed by atoms with E-state index in [0.29, 0.717) is 0 Å². The molecule has 20 heavy (non-hydrogen) atoms. The first-order valence-electron chi connectivity index (χ1n) is 5.77. The molecule has 2 N–H and O–H groups in total. The topological polar surface area (TPSA) is 73.1 Å². The molecule has 0 saturated heterocycles. The van der Waals surface area contributed by atoms with Crippen molar-refractivity contribution < 1.29 is 23.1 Å². The Morgan fingerprint density at radius 3 is 2.40 bits per heavy atom. The van der Waals surface area contributed by atoms with Crippen LogP contribution in [0.4, 0.5) is 18.9 Å². The molecular weight excluding hydrogens is 273 g/mol. The highest BCUT2D eigenvalue weighted by molar-refractivity contribution is 5.77. The highest BCUT2D eigenvalue weighted by Crippen LogP contribution is 2.33. The molecule has 0 aliphatic carbocycles. The van der Waals surface area contributed by atoms with E-state index in [-0.39, 0.29) is 11.6 Å². The number of alkyl halides is 3. The lowest BCUT2D eigenvalue weighted by Crippen LogP contribution is -2.34. The van der Waals surface area contributed by atoms with Crippen LogP contribution >= 0.6 is 0 Å². The lowest BCUT2D eigenvalue weighted by atomic mass is 10.0. The summed E-state index contributed by atoms with van der Waals surface area (Å²) in [4.78, 5) is 11.0. The largest absolute Gasteiger partial charge is 0.480 e. The summed E-state index contributed by atoms with van der Waals surface area (Å²) in [5, 5.41) is 20.4. The second-order valence-electron chi connectivity index (χ2n) is 4.57. The van der Waals surface area contributed by atoms with E-state index in [0.717, 1.165) is 18.2 Å². The van der Waals surface area contributed by atoms with E-state index in [1.54, 1.807) is 13.8 Å². The van der Waals surface area contributed by atoms with Gasteiger partial charge in [0.1, 0.15) is 6.04 Å². The molecule has 0 fully saturated rings. The Balaban J connectivity index is 3.12. The zero-order chi connectivity index (χ0) is 15.5. The van der Waals surface area contributed by atoms with Gasteiger partial charge in [0.2, 0.25) is 0 Å². The van der Waals surface area contributed by atoms with Gasteiger partial charge in [-0.2, -0.15) is 18.4 Å². The number of anilines is 1. The van der Waals surface area contributed by atoms with E-state index in [1.807, 2.05) is 0 Å². The number of carboxylic acids is 1. The van der Waals surface area contributed by atoms with Crippen LogP contribution in [0.3, 0.4) is 0 Å². The number of rotatable bonds is 4. The van der Waals surface area contributed by atoms with Gasteiger partial charge >= 0.3 is 12.1 Å². The summed E-state index contributed by atoms with van der Waals surface area (Å²) in [6, 6.07) is 3.40. The quantitative estimate of drug-likeness (QED) is 0.892. The van der Waals surface area contributed by atoms with Crippen molar-refractivity contribution in [3.8, 4) is 6.07 Å². The molecule has 0 saturated carbocycles. The van der Waals surface area contributed by atoms with Crippen LogP contribution in [0.5, 0.6) is 0 Å². The van der Waals surface area contributed by atoms with Crippen molar-refractivity contribution in [2.45, 2.75) is 26.1 Å². The number of halogens is 3. The fourth-order valence-corrected chi connectivity index (χ4v) is 1.67. The molecule has 0 bridgehead atoms. The first kappa shape index (κ1) is 15.8. The molecule has 0 heterocycles. The summed E-state index contributed by atoms with van der Waals surface area (Å²) >= 11 is 0. The van der Waals surface area contributed by atoms with Crippen molar-refractivity contribution in [1.82, 2.24) is 0 Å². The molecule has 0 spiro atoms. The molecule has 1 aromatic carbocycles. The van der Waals surface area contributed by atoms with Crippen molar-refractivity contribution in [2.24, 2.45) is 5.92 Å². The van der Waals surface area contributed by atoms with E-state index in [2.05, 4.69) is 5.32 Å². The molecule has 0 amide bonds. The third-order valence-electron chi connectivity index (χ3n) is 2.70. The molecule has 4 nitrogen and oxygen atoms in total. The number of carbonyl (C=O) groups is 1. The SMILES string of the molecule is CC(C)[C@H](Nc1ccc(C(F)(F)F)c(C#N)c1)C(=O)O. The smallest absolute Gasteiger partial charge is 0.417 e. The normalized spacial score (nSPS) is 12.8. The number of carboxylic acid groups (broad SMARTS) is 1. The van der Waals surface area contributed by atoms with Crippen LogP contribution in [0.1, 0.15) is 25.0 Å². The van der Waals surface area contributed by atoms with Gasteiger partial charge < -0.3 is 10.4 Å². The Hall–Kier alpha value is -2.23. The van der Waals surface area contributed by atoms with Crippen molar-refractivity contribution >= 4 is 11.7 Å². The summed E-state index contributed by atoms with van der Waals surface area (Å²) in [6.07, 6.45) is -4.62. The standard InChI is InChI=1S/C13H13F3N2O2/c1-7(2)11(12(19)20)18-9-3-4-10(13(14,15)16)8(5-9)6-17/h3-5,7,11,18H,1-2H3,(H,19,20)/t11-/m0/s1. The average molecular weight is 286 g/mol. The van der Waals surface area contributed by atoms with Crippen molar-refractivity contribution in [1.29, 1.82) is 5.26 Å². The number of nitriles is 1. The summed E-state index contributed by atoms with van der Waals surface area (Å²) in [5.74, 6) is -1.38. The number of aliphatic carboxylic acids is 1. The maximum Gasteiger partial charge on any atom is 0.417 e. The van der Waals surface area contributed by atoms with Crippen LogP contribution < -0.4 is 5.32 Å². The molecule has 0 unspecified atom stereocenters. The first-order chi connectivity index (χ1) is 9.16. The Labute approximate surface area is 113 Å². The molecule has 0 radical (unpaired) electrons. The lowest BCUT2D eigenvalue weighted by Gasteiger charge is -2.20. The van der Waals surface area contributed by atoms with E-state index in [1.165, 1.54) is 6.07 Å². The van der Waals surface area contributed by atoms with Crippen LogP contribution in [0.25, 0.3) is 0 Å². The molecule has 0 aliphatic heterocycles. The number of hydrogen-bond donors (Lipinski definition) is 2. The fraction of sp³-hybridized carbons (Fsp3) is 0.385. The van der Waals surface area contributed by atoms with E-state index in [4.69, 9.17) is 10.4 Å². The zero-order valence-corrected chi connectivity index (χ0v) is 10.8. The molecule has 1 rings (SSSR count). The van der Waals surface area contributed by atoms with E-state index in [9.17, 15) is 18.0 Å². The summed E-state index contributed by atoms with van der Waals surface area (Å²) in [6.45, 7) is 3.34. The summed E-state index contributed by atoms with van der Waals surface area (Å²) in [5.41, 5.74) is -1.42. The molecule has 1 aromatic rings. The highest BCUT2D eigenvalue weighted by Gasteiger charge is 2.33. The van der Waals surface area contributed by atoms with Gasteiger partial charge in [-0.3, -0.25) is 0 Å². The van der Waals surface area contributed by atoms with Gasteiger partial charge in [0, 0.05) is 5.69 Å². The maximum absolute atomic E-state index is 12.6. The maximum atomic E-state index is 12.6. The first-order valence-corrected chi connectivity index (χ1v) is 5.77. The average Bonchev–Trinajstić information content (AvgIpc) is 2.33. The summed E-state index contributed by atoms with van der Waals surface area (Å²) in [7, 11) is 0. The van der Waals surface area contributed by atoms with Crippen molar-refractivity contribution in [3.63, 3.8) is 0 Å². The second kappa shape index (κ2) is 5.82. The van der Waals surface area contributed by atoms with Crippen LogP contribution in [0, 0.1) is 17.2 Å².